The van der Waals surface area contributed by atoms with Gasteiger partial charge in [0.1, 0.15) is 5.75 Å². The lowest BCUT2D eigenvalue weighted by Crippen LogP contribution is -2.11. The predicted molar refractivity (Wildman–Crippen MR) is 64.6 cm³/mol. The van der Waals surface area contributed by atoms with E-state index in [0.717, 1.165) is 37.0 Å². The van der Waals surface area contributed by atoms with E-state index in [0.29, 0.717) is 6.61 Å². The van der Waals surface area contributed by atoms with Crippen LogP contribution in [0.2, 0.25) is 0 Å². The average Bonchev–Trinajstić information content (AvgIpc) is 2.31. The molecule has 1 aromatic carbocycles. The zero-order valence-corrected chi connectivity index (χ0v) is 9.48. The third-order valence-electron chi connectivity index (χ3n) is 3.01. The molecule has 1 atom stereocenters. The zero-order chi connectivity index (χ0) is 11.4. The molecule has 0 bridgehead atoms. The van der Waals surface area contributed by atoms with Gasteiger partial charge in [-0.1, -0.05) is 18.2 Å². The monoisotopic (exact) mass is 218 g/mol. The molecular formula is C14H18O2. The molecule has 0 radical (unpaired) electrons. The van der Waals surface area contributed by atoms with Gasteiger partial charge in [-0.3, -0.25) is 0 Å². The highest BCUT2D eigenvalue weighted by Gasteiger charge is 2.20. The van der Waals surface area contributed by atoms with Gasteiger partial charge in [0.25, 0.3) is 0 Å². The number of rotatable bonds is 4. The first kappa shape index (κ1) is 11.2. The summed E-state index contributed by atoms with van der Waals surface area (Å²) in [5.74, 6) is 0.929. The molecule has 0 amide bonds. The maximum absolute atomic E-state index is 9.89. The highest BCUT2D eigenvalue weighted by molar-refractivity contribution is 5.42. The van der Waals surface area contributed by atoms with E-state index >= 15 is 0 Å². The first-order valence-corrected chi connectivity index (χ1v) is 5.86. The Morgan fingerprint density at radius 1 is 1.50 bits per heavy atom. The van der Waals surface area contributed by atoms with Crippen molar-refractivity contribution in [1.82, 2.24) is 0 Å². The van der Waals surface area contributed by atoms with Crippen molar-refractivity contribution in [3.63, 3.8) is 0 Å². The number of hydrogen-bond acceptors (Lipinski definition) is 2. The molecule has 1 N–H and O–H groups in total. The summed E-state index contributed by atoms with van der Waals surface area (Å²) >= 11 is 0. The highest BCUT2D eigenvalue weighted by atomic mass is 16.5. The predicted octanol–water partition coefficient (Wildman–Crippen LogP) is 3.01. The number of ether oxygens (including phenoxy) is 1. The Kier molecular flexibility index (Phi) is 3.62. The number of aliphatic hydroxyl groups is 1. The first-order chi connectivity index (χ1) is 7.83. The molecule has 0 fully saturated rings. The second-order valence-corrected chi connectivity index (χ2v) is 4.16. The van der Waals surface area contributed by atoms with Crippen molar-refractivity contribution < 1.29 is 9.84 Å². The van der Waals surface area contributed by atoms with Gasteiger partial charge in [-0.2, -0.15) is 0 Å². The van der Waals surface area contributed by atoms with Crippen molar-refractivity contribution in [2.45, 2.75) is 31.8 Å². The summed E-state index contributed by atoms with van der Waals surface area (Å²) in [5.41, 5.74) is 2.23. The normalized spacial score (nSPS) is 18.9. The molecule has 1 unspecified atom stereocenters. The van der Waals surface area contributed by atoms with Crippen molar-refractivity contribution in [1.29, 1.82) is 0 Å². The van der Waals surface area contributed by atoms with Gasteiger partial charge in [-0.25, -0.2) is 0 Å². The minimum absolute atomic E-state index is 0.313. The Balaban J connectivity index is 2.18. The van der Waals surface area contributed by atoms with Crippen LogP contribution in [0.4, 0.5) is 0 Å². The Morgan fingerprint density at radius 3 is 3.19 bits per heavy atom. The van der Waals surface area contributed by atoms with Crippen LogP contribution >= 0.6 is 0 Å². The lowest BCUT2D eigenvalue weighted by atomic mass is 9.89. The highest BCUT2D eigenvalue weighted by Crippen LogP contribution is 2.35. The molecule has 1 aliphatic rings. The molecule has 16 heavy (non-hydrogen) atoms. The second-order valence-electron chi connectivity index (χ2n) is 4.16. The lowest BCUT2D eigenvalue weighted by Gasteiger charge is -2.23. The molecule has 2 nitrogen and oxygen atoms in total. The molecule has 0 spiro atoms. The standard InChI is InChI=1S/C14H18O2/c1-2-3-10-16-14-9-5-6-11-12(14)7-4-8-13(11)15/h2,5-6,9,13,15H,1,3-4,7-8,10H2. The summed E-state index contributed by atoms with van der Waals surface area (Å²) in [7, 11) is 0. The Labute approximate surface area is 96.6 Å². The number of aliphatic hydroxyl groups excluding tert-OH is 1. The SMILES string of the molecule is C=CCCOc1cccc2c1CCCC2O. The van der Waals surface area contributed by atoms with Crippen LogP contribution in [-0.4, -0.2) is 11.7 Å². The summed E-state index contributed by atoms with van der Waals surface area (Å²) in [5, 5.41) is 9.89. The maximum atomic E-state index is 9.89. The molecule has 0 saturated carbocycles. The molecule has 0 heterocycles. The Morgan fingerprint density at radius 2 is 2.38 bits per heavy atom. The van der Waals surface area contributed by atoms with Crippen LogP contribution in [0.5, 0.6) is 5.75 Å². The number of fused-ring (bicyclic) bond motifs is 1. The number of benzene rings is 1. The molecular weight excluding hydrogens is 200 g/mol. The Hall–Kier alpha value is -1.28. The van der Waals surface area contributed by atoms with Crippen molar-refractivity contribution in [2.24, 2.45) is 0 Å². The van der Waals surface area contributed by atoms with E-state index in [9.17, 15) is 5.11 Å². The molecule has 86 valence electrons. The van der Waals surface area contributed by atoms with E-state index < -0.39 is 0 Å². The van der Waals surface area contributed by atoms with Gasteiger partial charge in [-0.05, 0) is 42.9 Å². The average molecular weight is 218 g/mol. The van der Waals surface area contributed by atoms with E-state index in [2.05, 4.69) is 6.58 Å². The van der Waals surface area contributed by atoms with Gasteiger partial charge in [0.05, 0.1) is 12.7 Å². The smallest absolute Gasteiger partial charge is 0.122 e. The minimum Gasteiger partial charge on any atom is -0.493 e. The maximum Gasteiger partial charge on any atom is 0.122 e. The summed E-state index contributed by atoms with van der Waals surface area (Å²) < 4.78 is 5.71. The van der Waals surface area contributed by atoms with Crippen LogP contribution in [0.15, 0.2) is 30.9 Å². The molecule has 0 saturated heterocycles. The van der Waals surface area contributed by atoms with Crippen LogP contribution in [0.1, 0.15) is 36.5 Å². The van der Waals surface area contributed by atoms with Crippen LogP contribution in [0, 0.1) is 0 Å². The third-order valence-corrected chi connectivity index (χ3v) is 3.01. The van der Waals surface area contributed by atoms with Crippen LogP contribution < -0.4 is 4.74 Å². The molecule has 0 aliphatic heterocycles. The largest absolute Gasteiger partial charge is 0.493 e. The van der Waals surface area contributed by atoms with Gasteiger partial charge in [0.2, 0.25) is 0 Å². The van der Waals surface area contributed by atoms with Crippen LogP contribution in [0.3, 0.4) is 0 Å². The quantitative estimate of drug-likeness (QED) is 0.622. The van der Waals surface area contributed by atoms with Crippen LogP contribution in [-0.2, 0) is 6.42 Å². The van der Waals surface area contributed by atoms with E-state index in [1.54, 1.807) is 0 Å². The summed E-state index contributed by atoms with van der Waals surface area (Å²) in [6.07, 6.45) is 5.30. The molecule has 1 aromatic rings. The molecule has 2 rings (SSSR count). The molecule has 2 heteroatoms. The Bertz CT molecular complexity index is 371. The van der Waals surface area contributed by atoms with Crippen LogP contribution in [0.25, 0.3) is 0 Å². The fourth-order valence-corrected chi connectivity index (χ4v) is 2.18. The molecule has 0 aromatic heterocycles. The summed E-state index contributed by atoms with van der Waals surface area (Å²) in [4.78, 5) is 0. The van der Waals surface area contributed by atoms with E-state index in [-0.39, 0.29) is 6.10 Å². The fourth-order valence-electron chi connectivity index (χ4n) is 2.18. The number of hydrogen-bond donors (Lipinski definition) is 1. The first-order valence-electron chi connectivity index (χ1n) is 5.86. The topological polar surface area (TPSA) is 29.5 Å². The van der Waals surface area contributed by atoms with Crippen molar-refractivity contribution >= 4 is 0 Å². The van der Waals surface area contributed by atoms with Gasteiger partial charge in [-0.15, -0.1) is 6.58 Å². The fraction of sp³-hybridized carbons (Fsp3) is 0.429. The van der Waals surface area contributed by atoms with E-state index in [1.807, 2.05) is 24.3 Å². The second kappa shape index (κ2) is 5.17. The van der Waals surface area contributed by atoms with Crippen molar-refractivity contribution in [2.75, 3.05) is 6.61 Å². The van der Waals surface area contributed by atoms with Gasteiger partial charge >= 0.3 is 0 Å². The summed E-state index contributed by atoms with van der Waals surface area (Å²) in [6, 6.07) is 5.94. The lowest BCUT2D eigenvalue weighted by molar-refractivity contribution is 0.155. The minimum atomic E-state index is -0.313. The third kappa shape index (κ3) is 2.27. The summed E-state index contributed by atoms with van der Waals surface area (Å²) in [6.45, 7) is 4.33. The zero-order valence-electron chi connectivity index (χ0n) is 9.48. The van der Waals surface area contributed by atoms with E-state index in [1.165, 1.54) is 5.56 Å². The van der Waals surface area contributed by atoms with Gasteiger partial charge in [0.15, 0.2) is 0 Å². The van der Waals surface area contributed by atoms with Gasteiger partial charge < -0.3 is 9.84 Å². The molecule has 1 aliphatic carbocycles. The van der Waals surface area contributed by atoms with E-state index in [4.69, 9.17) is 4.74 Å². The van der Waals surface area contributed by atoms with Crippen molar-refractivity contribution in [3.8, 4) is 5.75 Å². The van der Waals surface area contributed by atoms with Crippen molar-refractivity contribution in [3.05, 3.63) is 42.0 Å². The van der Waals surface area contributed by atoms with Gasteiger partial charge in [0, 0.05) is 0 Å².